The number of nitrogens with zero attached hydrogens (tertiary/aromatic N) is 1. The summed E-state index contributed by atoms with van der Waals surface area (Å²) >= 11 is 6.29. The second-order valence-electron chi connectivity index (χ2n) is 4.43. The Morgan fingerprint density at radius 1 is 1.35 bits per heavy atom. The molecule has 0 saturated heterocycles. The van der Waals surface area contributed by atoms with Crippen molar-refractivity contribution in [1.29, 1.82) is 0 Å². The highest BCUT2D eigenvalue weighted by Crippen LogP contribution is 2.31. The largest absolute Gasteiger partial charge is 0.377 e. The Morgan fingerprint density at radius 3 is 2.76 bits per heavy atom. The zero-order chi connectivity index (χ0) is 12.4. The number of benzene rings is 1. The molecular formula is C14H18ClNO. The number of fused-ring (bicyclic) bond motifs is 1. The van der Waals surface area contributed by atoms with Crippen LogP contribution in [0.1, 0.15) is 32.4 Å². The summed E-state index contributed by atoms with van der Waals surface area (Å²) in [6.45, 7) is 7.69. The molecule has 0 unspecified atom stereocenters. The maximum Gasteiger partial charge on any atom is 0.0738 e. The molecule has 1 aromatic heterocycles. The number of hydrogen-bond acceptors (Lipinski definition) is 1. The van der Waals surface area contributed by atoms with Gasteiger partial charge in [0.15, 0.2) is 0 Å². The number of hydrogen-bond donors (Lipinski definition) is 0. The molecule has 1 aromatic carbocycles. The number of aromatic nitrogens is 1. The molecule has 0 aliphatic heterocycles. The summed E-state index contributed by atoms with van der Waals surface area (Å²) in [6.07, 6.45) is 2.15. The van der Waals surface area contributed by atoms with Crippen LogP contribution in [0.15, 0.2) is 24.4 Å². The van der Waals surface area contributed by atoms with E-state index in [0.717, 1.165) is 17.0 Å². The number of rotatable bonds is 4. The van der Waals surface area contributed by atoms with E-state index >= 15 is 0 Å². The zero-order valence-electron chi connectivity index (χ0n) is 10.5. The smallest absolute Gasteiger partial charge is 0.0738 e. The fourth-order valence-electron chi connectivity index (χ4n) is 2.10. The fourth-order valence-corrected chi connectivity index (χ4v) is 2.39. The van der Waals surface area contributed by atoms with Gasteiger partial charge < -0.3 is 9.30 Å². The van der Waals surface area contributed by atoms with Gasteiger partial charge in [-0.1, -0.05) is 17.7 Å². The van der Waals surface area contributed by atoms with Gasteiger partial charge in [0.05, 0.1) is 17.1 Å². The molecule has 92 valence electrons. The van der Waals surface area contributed by atoms with Crippen molar-refractivity contribution in [3.63, 3.8) is 0 Å². The lowest BCUT2D eigenvalue weighted by atomic mass is 10.2. The summed E-state index contributed by atoms with van der Waals surface area (Å²) in [6, 6.07) is 6.46. The summed E-state index contributed by atoms with van der Waals surface area (Å²) < 4.78 is 7.75. The highest BCUT2D eigenvalue weighted by atomic mass is 35.5. The molecule has 0 aliphatic carbocycles. The first-order chi connectivity index (χ1) is 8.15. The molecule has 0 N–H and O–H groups in total. The monoisotopic (exact) mass is 251 g/mol. The Labute approximate surface area is 107 Å². The minimum absolute atomic E-state index is 0.423. The Morgan fingerprint density at radius 2 is 2.12 bits per heavy atom. The highest BCUT2D eigenvalue weighted by molar-refractivity contribution is 6.35. The first kappa shape index (κ1) is 12.5. The van der Waals surface area contributed by atoms with Gasteiger partial charge in [-0.3, -0.25) is 0 Å². The topological polar surface area (TPSA) is 14.2 Å². The molecule has 0 amide bonds. The Hall–Kier alpha value is -0.990. The predicted molar refractivity (Wildman–Crippen MR) is 72.7 cm³/mol. The van der Waals surface area contributed by atoms with Crippen LogP contribution in [0.4, 0.5) is 0 Å². The van der Waals surface area contributed by atoms with Gasteiger partial charge in [-0.2, -0.15) is 0 Å². The van der Waals surface area contributed by atoms with Crippen LogP contribution in [-0.4, -0.2) is 11.2 Å². The van der Waals surface area contributed by atoms with Gasteiger partial charge in [0.2, 0.25) is 0 Å². The van der Waals surface area contributed by atoms with E-state index in [9.17, 15) is 0 Å². The Balaban J connectivity index is 2.59. The first-order valence-electron chi connectivity index (χ1n) is 6.00. The lowest BCUT2D eigenvalue weighted by Crippen LogP contribution is -1.98. The summed E-state index contributed by atoms with van der Waals surface area (Å²) in [7, 11) is 0. The van der Waals surface area contributed by atoms with Gasteiger partial charge in [-0.15, -0.1) is 0 Å². The Kier molecular flexibility index (Phi) is 3.75. The van der Waals surface area contributed by atoms with Crippen molar-refractivity contribution in [2.45, 2.75) is 33.4 Å². The minimum atomic E-state index is 0.423. The van der Waals surface area contributed by atoms with E-state index < -0.39 is 0 Å². The van der Waals surface area contributed by atoms with Crippen LogP contribution in [0, 0.1) is 0 Å². The molecule has 0 fully saturated rings. The van der Waals surface area contributed by atoms with E-state index in [1.807, 2.05) is 19.1 Å². The second-order valence-corrected chi connectivity index (χ2v) is 4.83. The van der Waals surface area contributed by atoms with Gasteiger partial charge in [0.1, 0.15) is 0 Å². The van der Waals surface area contributed by atoms with Crippen molar-refractivity contribution < 1.29 is 4.74 Å². The van der Waals surface area contributed by atoms with Crippen LogP contribution in [0.3, 0.4) is 0 Å². The predicted octanol–water partition coefficient (Wildman–Crippen LogP) is 4.41. The molecule has 0 radical (unpaired) electrons. The standard InChI is InChI=1S/C14H18ClNO/c1-4-17-9-11-8-16(10(2)3)13-7-5-6-12(15)14(11)13/h5-8,10H,4,9H2,1-3H3. The summed E-state index contributed by atoms with van der Waals surface area (Å²) in [4.78, 5) is 0. The summed E-state index contributed by atoms with van der Waals surface area (Å²) in [5.41, 5.74) is 2.35. The third-order valence-corrected chi connectivity index (χ3v) is 3.22. The maximum atomic E-state index is 6.29. The van der Waals surface area contributed by atoms with E-state index in [1.54, 1.807) is 0 Å². The molecule has 2 aromatic rings. The molecule has 2 nitrogen and oxygen atoms in total. The average molecular weight is 252 g/mol. The van der Waals surface area contributed by atoms with Gasteiger partial charge in [0, 0.05) is 29.8 Å². The lowest BCUT2D eigenvalue weighted by Gasteiger charge is -2.08. The molecule has 2 rings (SSSR count). The lowest BCUT2D eigenvalue weighted by molar-refractivity contribution is 0.135. The third-order valence-electron chi connectivity index (χ3n) is 2.90. The van der Waals surface area contributed by atoms with Crippen molar-refractivity contribution in [1.82, 2.24) is 4.57 Å². The van der Waals surface area contributed by atoms with E-state index in [1.165, 1.54) is 11.1 Å². The normalized spacial score (nSPS) is 11.6. The summed E-state index contributed by atoms with van der Waals surface area (Å²) in [5.74, 6) is 0. The third kappa shape index (κ3) is 2.33. The SMILES string of the molecule is CCOCc1cn(C(C)C)c2cccc(Cl)c12. The van der Waals surface area contributed by atoms with E-state index in [2.05, 4.69) is 30.7 Å². The van der Waals surface area contributed by atoms with E-state index in [0.29, 0.717) is 12.6 Å². The maximum absolute atomic E-state index is 6.29. The highest BCUT2D eigenvalue weighted by Gasteiger charge is 2.12. The van der Waals surface area contributed by atoms with Gasteiger partial charge in [-0.25, -0.2) is 0 Å². The molecule has 0 bridgehead atoms. The van der Waals surface area contributed by atoms with E-state index in [-0.39, 0.29) is 0 Å². The molecular weight excluding hydrogens is 234 g/mol. The van der Waals surface area contributed by atoms with E-state index in [4.69, 9.17) is 16.3 Å². The van der Waals surface area contributed by atoms with Gasteiger partial charge in [-0.05, 0) is 32.9 Å². The summed E-state index contributed by atoms with van der Waals surface area (Å²) in [5, 5.41) is 1.92. The number of halogens is 1. The second kappa shape index (κ2) is 5.11. The molecule has 3 heteroatoms. The molecule has 0 atom stereocenters. The van der Waals surface area contributed by atoms with Gasteiger partial charge in [0.25, 0.3) is 0 Å². The first-order valence-corrected chi connectivity index (χ1v) is 6.38. The molecule has 1 heterocycles. The quantitative estimate of drug-likeness (QED) is 0.785. The van der Waals surface area contributed by atoms with Crippen LogP contribution in [-0.2, 0) is 11.3 Å². The molecule has 0 saturated carbocycles. The molecule has 0 spiro atoms. The Bertz CT molecular complexity index is 516. The van der Waals surface area contributed by atoms with Crippen molar-refractivity contribution in [3.05, 3.63) is 35.0 Å². The van der Waals surface area contributed by atoms with Crippen LogP contribution in [0.25, 0.3) is 10.9 Å². The molecule has 17 heavy (non-hydrogen) atoms. The fraction of sp³-hybridized carbons (Fsp3) is 0.429. The van der Waals surface area contributed by atoms with Crippen molar-refractivity contribution in [2.75, 3.05) is 6.61 Å². The van der Waals surface area contributed by atoms with Crippen LogP contribution in [0.5, 0.6) is 0 Å². The van der Waals surface area contributed by atoms with Crippen LogP contribution < -0.4 is 0 Å². The van der Waals surface area contributed by atoms with Crippen LogP contribution >= 0.6 is 11.6 Å². The average Bonchev–Trinajstić information content (AvgIpc) is 2.67. The minimum Gasteiger partial charge on any atom is -0.377 e. The van der Waals surface area contributed by atoms with Crippen LogP contribution in [0.2, 0.25) is 5.02 Å². The van der Waals surface area contributed by atoms with Crippen molar-refractivity contribution in [3.8, 4) is 0 Å². The van der Waals surface area contributed by atoms with Crippen molar-refractivity contribution in [2.24, 2.45) is 0 Å². The zero-order valence-corrected chi connectivity index (χ0v) is 11.3. The van der Waals surface area contributed by atoms with Gasteiger partial charge >= 0.3 is 0 Å². The van der Waals surface area contributed by atoms with Crippen molar-refractivity contribution >= 4 is 22.5 Å². The number of ether oxygens (including phenoxy) is 1. The molecule has 0 aliphatic rings.